The largest absolute Gasteiger partial charge is 0.497 e. The van der Waals surface area contributed by atoms with Crippen LogP contribution in [0, 0.1) is 5.41 Å². The van der Waals surface area contributed by atoms with Crippen LogP contribution in [0.1, 0.15) is 45.2 Å². The Labute approximate surface area is 127 Å². The number of hydrogen-bond donors (Lipinski definition) is 3. The Morgan fingerprint density at radius 2 is 2.00 bits per heavy atom. The van der Waals surface area contributed by atoms with E-state index in [0.29, 0.717) is 0 Å². The number of methoxy groups -OCH3 is 1. The first-order chi connectivity index (χ1) is 9.90. The zero-order valence-corrected chi connectivity index (χ0v) is 13.4. The molecule has 1 aromatic rings. The second kappa shape index (κ2) is 7.88. The Balaban J connectivity index is 2.38. The van der Waals surface area contributed by atoms with Crippen LogP contribution in [-0.4, -0.2) is 24.7 Å². The zero-order chi connectivity index (χ0) is 15.9. The highest BCUT2D eigenvalue weighted by atomic mass is 16.5. The summed E-state index contributed by atoms with van der Waals surface area (Å²) in [4.78, 5) is 0. The van der Waals surface area contributed by atoms with Crippen molar-refractivity contribution >= 4 is 5.84 Å². The Hall–Kier alpha value is -1.75. The molecule has 0 unspecified atom stereocenters. The maximum Gasteiger partial charge on any atom is 0.144 e. The number of ether oxygens (including phenoxy) is 1. The first-order valence-electron chi connectivity index (χ1n) is 7.26. The van der Waals surface area contributed by atoms with Gasteiger partial charge in [0.15, 0.2) is 0 Å². The van der Waals surface area contributed by atoms with Crippen molar-refractivity contribution in [2.45, 2.75) is 39.7 Å². The number of hydrogen-bond acceptors (Lipinski definition) is 4. The minimum atomic E-state index is -0.278. The standard InChI is InChI=1S/C16H27N3O2/c1-12(13-6-8-14(21-4)9-7-13)18-11-5-10-16(2,3)15(17)19-20/h6-9,12,18,20H,5,10-11H2,1-4H3,(H2,17,19)/t12-/m1/s1. The highest BCUT2D eigenvalue weighted by Crippen LogP contribution is 2.22. The SMILES string of the molecule is COc1ccc([C@@H](C)NCCCC(C)(C)/C(N)=N/O)cc1. The number of oxime groups is 1. The zero-order valence-electron chi connectivity index (χ0n) is 13.4. The van der Waals surface area contributed by atoms with Crippen molar-refractivity contribution in [2.75, 3.05) is 13.7 Å². The highest BCUT2D eigenvalue weighted by Gasteiger charge is 2.22. The molecule has 0 bridgehead atoms. The maximum atomic E-state index is 8.74. The molecule has 4 N–H and O–H groups in total. The molecule has 1 atom stereocenters. The third-order valence-corrected chi connectivity index (χ3v) is 3.85. The second-order valence-electron chi connectivity index (χ2n) is 5.92. The van der Waals surface area contributed by atoms with Crippen LogP contribution in [0.4, 0.5) is 0 Å². The van der Waals surface area contributed by atoms with Gasteiger partial charge in [0.1, 0.15) is 11.6 Å². The Kier molecular flexibility index (Phi) is 6.49. The molecule has 118 valence electrons. The van der Waals surface area contributed by atoms with Gasteiger partial charge in [-0.25, -0.2) is 0 Å². The molecule has 0 fully saturated rings. The fraction of sp³-hybridized carbons (Fsp3) is 0.562. The molecule has 0 spiro atoms. The van der Waals surface area contributed by atoms with Crippen molar-refractivity contribution in [2.24, 2.45) is 16.3 Å². The molecule has 0 aliphatic carbocycles. The monoisotopic (exact) mass is 293 g/mol. The summed E-state index contributed by atoms with van der Waals surface area (Å²) in [5, 5.41) is 15.3. The summed E-state index contributed by atoms with van der Waals surface area (Å²) in [6, 6.07) is 8.35. The number of rotatable bonds is 8. The third-order valence-electron chi connectivity index (χ3n) is 3.85. The molecule has 0 aromatic heterocycles. The summed E-state index contributed by atoms with van der Waals surface area (Å²) < 4.78 is 5.15. The molecule has 21 heavy (non-hydrogen) atoms. The minimum Gasteiger partial charge on any atom is -0.497 e. The van der Waals surface area contributed by atoms with Gasteiger partial charge >= 0.3 is 0 Å². The van der Waals surface area contributed by atoms with Crippen molar-refractivity contribution in [3.63, 3.8) is 0 Å². The van der Waals surface area contributed by atoms with Crippen molar-refractivity contribution in [1.29, 1.82) is 0 Å². The van der Waals surface area contributed by atoms with Gasteiger partial charge in [-0.3, -0.25) is 0 Å². The van der Waals surface area contributed by atoms with Crippen molar-refractivity contribution in [3.05, 3.63) is 29.8 Å². The molecule has 0 saturated carbocycles. The first kappa shape index (κ1) is 17.3. The van der Waals surface area contributed by atoms with Crippen LogP contribution < -0.4 is 15.8 Å². The molecule has 1 aromatic carbocycles. The topological polar surface area (TPSA) is 79.9 Å². The van der Waals surface area contributed by atoms with Crippen molar-refractivity contribution in [1.82, 2.24) is 5.32 Å². The number of amidine groups is 1. The summed E-state index contributed by atoms with van der Waals surface area (Å²) in [6.07, 6.45) is 1.83. The summed E-state index contributed by atoms with van der Waals surface area (Å²) in [5.74, 6) is 1.15. The summed E-state index contributed by atoms with van der Waals surface area (Å²) in [7, 11) is 1.67. The smallest absolute Gasteiger partial charge is 0.144 e. The summed E-state index contributed by atoms with van der Waals surface area (Å²) >= 11 is 0. The fourth-order valence-corrected chi connectivity index (χ4v) is 2.12. The maximum absolute atomic E-state index is 8.74. The van der Waals surface area contributed by atoms with Gasteiger partial charge < -0.3 is 21.0 Å². The van der Waals surface area contributed by atoms with Gasteiger partial charge in [-0.15, -0.1) is 0 Å². The summed E-state index contributed by atoms with van der Waals surface area (Å²) in [6.45, 7) is 6.98. The van der Waals surface area contributed by atoms with Crippen LogP contribution in [0.3, 0.4) is 0 Å². The van der Waals surface area contributed by atoms with Gasteiger partial charge in [0.25, 0.3) is 0 Å². The molecular formula is C16H27N3O2. The molecule has 0 heterocycles. The number of nitrogens with two attached hydrogens (primary N) is 1. The van der Waals surface area contributed by atoms with E-state index in [1.807, 2.05) is 26.0 Å². The van der Waals surface area contributed by atoms with Gasteiger partial charge in [0, 0.05) is 11.5 Å². The average Bonchev–Trinajstić information content (AvgIpc) is 2.50. The molecule has 0 saturated heterocycles. The molecule has 5 nitrogen and oxygen atoms in total. The van der Waals surface area contributed by atoms with E-state index in [2.05, 4.69) is 29.5 Å². The fourth-order valence-electron chi connectivity index (χ4n) is 2.12. The van der Waals surface area contributed by atoms with E-state index in [1.54, 1.807) is 7.11 Å². The minimum absolute atomic E-state index is 0.278. The van der Waals surface area contributed by atoms with Gasteiger partial charge in [0.05, 0.1) is 7.11 Å². The van der Waals surface area contributed by atoms with Crippen LogP contribution in [0.15, 0.2) is 29.4 Å². The van der Waals surface area contributed by atoms with E-state index in [-0.39, 0.29) is 17.3 Å². The molecule has 0 aliphatic heterocycles. The molecule has 0 amide bonds. The van der Waals surface area contributed by atoms with Gasteiger partial charge in [0.2, 0.25) is 0 Å². The Morgan fingerprint density at radius 1 is 1.38 bits per heavy atom. The van der Waals surface area contributed by atoms with Crippen LogP contribution in [-0.2, 0) is 0 Å². The molecule has 0 radical (unpaired) electrons. The second-order valence-corrected chi connectivity index (χ2v) is 5.92. The average molecular weight is 293 g/mol. The summed E-state index contributed by atoms with van der Waals surface area (Å²) in [5.41, 5.74) is 6.63. The normalized spacial score (nSPS) is 14.0. The van der Waals surface area contributed by atoms with E-state index < -0.39 is 0 Å². The molecule has 0 aliphatic rings. The van der Waals surface area contributed by atoms with E-state index in [0.717, 1.165) is 25.1 Å². The predicted octanol–water partition coefficient (Wildman–Crippen LogP) is 2.90. The van der Waals surface area contributed by atoms with E-state index in [1.165, 1.54) is 5.56 Å². The lowest BCUT2D eigenvalue weighted by atomic mass is 9.86. The van der Waals surface area contributed by atoms with Crippen LogP contribution in [0.2, 0.25) is 0 Å². The predicted molar refractivity (Wildman–Crippen MR) is 85.8 cm³/mol. The molecule has 1 rings (SSSR count). The number of nitrogens with one attached hydrogen (secondary N) is 1. The number of nitrogens with zero attached hydrogens (tertiary/aromatic N) is 1. The van der Waals surface area contributed by atoms with Crippen molar-refractivity contribution in [3.8, 4) is 5.75 Å². The first-order valence-corrected chi connectivity index (χ1v) is 7.26. The van der Waals surface area contributed by atoms with E-state index >= 15 is 0 Å². The van der Waals surface area contributed by atoms with Crippen LogP contribution in [0.25, 0.3) is 0 Å². The lowest BCUT2D eigenvalue weighted by Gasteiger charge is -2.23. The third kappa shape index (κ3) is 5.27. The van der Waals surface area contributed by atoms with Crippen LogP contribution in [0.5, 0.6) is 5.75 Å². The van der Waals surface area contributed by atoms with Crippen molar-refractivity contribution < 1.29 is 9.94 Å². The Bertz CT molecular complexity index is 455. The van der Waals surface area contributed by atoms with E-state index in [9.17, 15) is 0 Å². The van der Waals surface area contributed by atoms with Gasteiger partial charge in [-0.1, -0.05) is 31.1 Å². The molecular weight excluding hydrogens is 266 g/mol. The van der Waals surface area contributed by atoms with Gasteiger partial charge in [-0.05, 0) is 44.0 Å². The van der Waals surface area contributed by atoms with Gasteiger partial charge in [-0.2, -0.15) is 0 Å². The number of benzene rings is 1. The Morgan fingerprint density at radius 3 is 2.52 bits per heavy atom. The van der Waals surface area contributed by atoms with Crippen LogP contribution >= 0.6 is 0 Å². The lowest BCUT2D eigenvalue weighted by molar-refractivity contribution is 0.304. The quantitative estimate of drug-likeness (QED) is 0.226. The highest BCUT2D eigenvalue weighted by molar-refractivity contribution is 5.85. The lowest BCUT2D eigenvalue weighted by Crippen LogP contribution is -2.32. The van der Waals surface area contributed by atoms with E-state index in [4.69, 9.17) is 15.7 Å². The molecule has 5 heteroatoms.